The Hall–Kier alpha value is -3.51. The molecule has 36 heavy (non-hydrogen) atoms. The maximum atomic E-state index is 13.2. The second kappa shape index (κ2) is 14.8. The van der Waals surface area contributed by atoms with Crippen molar-refractivity contribution in [2.75, 3.05) is 27.9 Å². The zero-order valence-electron chi connectivity index (χ0n) is 21.7. The van der Waals surface area contributed by atoms with Crippen molar-refractivity contribution in [1.82, 2.24) is 10.2 Å². The summed E-state index contributed by atoms with van der Waals surface area (Å²) < 4.78 is 15.7. The van der Waals surface area contributed by atoms with Crippen molar-refractivity contribution in [1.29, 1.82) is 0 Å². The van der Waals surface area contributed by atoms with Crippen molar-refractivity contribution in [3.05, 3.63) is 89.5 Å². The molecule has 0 heterocycles. The largest absolute Gasteiger partial charge is 0.497 e. The van der Waals surface area contributed by atoms with Crippen LogP contribution in [0.5, 0.6) is 17.2 Å². The lowest BCUT2D eigenvalue weighted by Crippen LogP contribution is -2.30. The number of ether oxygens (including phenoxy) is 3. The molecule has 6 nitrogen and oxygen atoms in total. The first kappa shape index (κ1) is 27.1. The summed E-state index contributed by atoms with van der Waals surface area (Å²) in [5.74, 6) is 2.67. The van der Waals surface area contributed by atoms with Crippen LogP contribution in [0.2, 0.25) is 0 Å². The van der Waals surface area contributed by atoms with Crippen LogP contribution >= 0.6 is 0 Å². The van der Waals surface area contributed by atoms with Crippen LogP contribution in [0.4, 0.5) is 0 Å². The summed E-state index contributed by atoms with van der Waals surface area (Å²) in [5.41, 5.74) is 3.40. The Morgan fingerprint density at radius 1 is 0.639 bits per heavy atom. The Bertz CT molecular complexity index is 985. The van der Waals surface area contributed by atoms with Gasteiger partial charge in [0.15, 0.2) is 0 Å². The molecule has 0 aliphatic rings. The first-order valence-corrected chi connectivity index (χ1v) is 12.5. The molecule has 0 fully saturated rings. The van der Waals surface area contributed by atoms with Gasteiger partial charge >= 0.3 is 0 Å². The lowest BCUT2D eigenvalue weighted by atomic mass is 10.1. The number of unbranched alkanes of at least 4 members (excludes halogenated alkanes) is 2. The zero-order chi connectivity index (χ0) is 25.6. The number of carbonyl (C=O) groups is 1. The SMILES string of the molecule is COc1ccc(CNCCCCCC(=O)N(Cc2ccc(OC)cc2)Cc2ccc(OC)cc2)cc1. The molecule has 192 valence electrons. The quantitative estimate of drug-likeness (QED) is 0.281. The van der Waals surface area contributed by atoms with Gasteiger partial charge in [-0.1, -0.05) is 42.8 Å². The molecule has 0 atom stereocenters. The van der Waals surface area contributed by atoms with Gasteiger partial charge in [0.2, 0.25) is 5.91 Å². The molecule has 1 amide bonds. The minimum Gasteiger partial charge on any atom is -0.497 e. The third-order valence-corrected chi connectivity index (χ3v) is 6.15. The molecule has 0 spiro atoms. The fraction of sp³-hybridized carbons (Fsp3) is 0.367. The van der Waals surface area contributed by atoms with Gasteiger partial charge in [0.1, 0.15) is 17.2 Å². The van der Waals surface area contributed by atoms with E-state index in [1.54, 1.807) is 21.3 Å². The summed E-state index contributed by atoms with van der Waals surface area (Å²) in [6.45, 7) is 2.90. The van der Waals surface area contributed by atoms with Gasteiger partial charge in [0.05, 0.1) is 21.3 Å². The van der Waals surface area contributed by atoms with E-state index in [-0.39, 0.29) is 5.91 Å². The lowest BCUT2D eigenvalue weighted by molar-refractivity contribution is -0.132. The van der Waals surface area contributed by atoms with E-state index in [1.165, 1.54) is 5.56 Å². The van der Waals surface area contributed by atoms with E-state index in [0.717, 1.165) is 60.7 Å². The summed E-state index contributed by atoms with van der Waals surface area (Å²) >= 11 is 0. The molecular formula is C30H38N2O4. The monoisotopic (exact) mass is 490 g/mol. The number of amides is 1. The number of nitrogens with one attached hydrogen (secondary N) is 1. The molecular weight excluding hydrogens is 452 g/mol. The topological polar surface area (TPSA) is 60.0 Å². The van der Waals surface area contributed by atoms with Gasteiger partial charge in [-0.05, 0) is 72.5 Å². The summed E-state index contributed by atoms with van der Waals surface area (Å²) in [5, 5.41) is 3.48. The highest BCUT2D eigenvalue weighted by Gasteiger charge is 2.15. The van der Waals surface area contributed by atoms with Gasteiger partial charge in [-0.3, -0.25) is 4.79 Å². The molecule has 0 saturated carbocycles. The molecule has 0 aliphatic carbocycles. The van der Waals surface area contributed by atoms with E-state index >= 15 is 0 Å². The van der Waals surface area contributed by atoms with Crippen LogP contribution in [-0.4, -0.2) is 38.7 Å². The number of benzene rings is 3. The number of hydrogen-bond acceptors (Lipinski definition) is 5. The smallest absolute Gasteiger partial charge is 0.223 e. The Labute approximate surface area is 215 Å². The lowest BCUT2D eigenvalue weighted by Gasteiger charge is -2.23. The van der Waals surface area contributed by atoms with E-state index in [2.05, 4.69) is 17.4 Å². The highest BCUT2D eigenvalue weighted by molar-refractivity contribution is 5.76. The van der Waals surface area contributed by atoms with Crippen LogP contribution in [0.15, 0.2) is 72.8 Å². The minimum atomic E-state index is 0.174. The number of hydrogen-bond donors (Lipinski definition) is 1. The summed E-state index contributed by atoms with van der Waals surface area (Å²) in [7, 11) is 4.99. The van der Waals surface area contributed by atoms with E-state index in [0.29, 0.717) is 19.5 Å². The predicted octanol–water partition coefficient (Wildman–Crippen LogP) is 5.59. The van der Waals surface area contributed by atoms with Crippen LogP contribution in [0.1, 0.15) is 42.4 Å². The fourth-order valence-electron chi connectivity index (χ4n) is 3.97. The number of nitrogens with zero attached hydrogens (tertiary/aromatic N) is 1. The first-order chi connectivity index (χ1) is 17.6. The zero-order valence-corrected chi connectivity index (χ0v) is 21.7. The maximum absolute atomic E-state index is 13.2. The summed E-state index contributed by atoms with van der Waals surface area (Å²) in [4.78, 5) is 15.1. The standard InChI is InChI=1S/C30H38N2O4/c1-34-27-14-8-24(9-15-27)21-31-20-6-4-5-7-30(33)32(22-25-10-16-28(35-2)17-11-25)23-26-12-18-29(36-3)19-13-26/h8-19,31H,4-7,20-23H2,1-3H3. The van der Waals surface area contributed by atoms with E-state index < -0.39 is 0 Å². The number of carbonyl (C=O) groups excluding carboxylic acids is 1. The molecule has 6 heteroatoms. The van der Waals surface area contributed by atoms with Crippen molar-refractivity contribution in [3.8, 4) is 17.2 Å². The number of methoxy groups -OCH3 is 3. The predicted molar refractivity (Wildman–Crippen MR) is 143 cm³/mol. The van der Waals surface area contributed by atoms with Crippen LogP contribution in [-0.2, 0) is 24.4 Å². The van der Waals surface area contributed by atoms with Gasteiger partial charge < -0.3 is 24.4 Å². The van der Waals surface area contributed by atoms with Crippen molar-refractivity contribution in [3.63, 3.8) is 0 Å². The summed E-state index contributed by atoms with van der Waals surface area (Å²) in [6, 6.07) is 23.9. The van der Waals surface area contributed by atoms with Crippen LogP contribution in [0.3, 0.4) is 0 Å². The van der Waals surface area contributed by atoms with Crippen molar-refractivity contribution in [2.24, 2.45) is 0 Å². The Balaban J connectivity index is 1.46. The normalized spacial score (nSPS) is 10.6. The van der Waals surface area contributed by atoms with Crippen LogP contribution in [0, 0.1) is 0 Å². The third-order valence-electron chi connectivity index (χ3n) is 6.15. The second-order valence-electron chi connectivity index (χ2n) is 8.78. The number of rotatable bonds is 15. The molecule has 3 aromatic rings. The fourth-order valence-corrected chi connectivity index (χ4v) is 3.97. The van der Waals surface area contributed by atoms with Crippen molar-refractivity contribution >= 4 is 5.91 Å². The molecule has 0 aromatic heterocycles. The van der Waals surface area contributed by atoms with Gasteiger partial charge in [-0.15, -0.1) is 0 Å². The minimum absolute atomic E-state index is 0.174. The Morgan fingerprint density at radius 3 is 1.53 bits per heavy atom. The second-order valence-corrected chi connectivity index (χ2v) is 8.78. The first-order valence-electron chi connectivity index (χ1n) is 12.5. The van der Waals surface area contributed by atoms with Crippen molar-refractivity contribution in [2.45, 2.75) is 45.3 Å². The highest BCUT2D eigenvalue weighted by atomic mass is 16.5. The molecule has 0 bridgehead atoms. The molecule has 0 aliphatic heterocycles. The van der Waals surface area contributed by atoms with E-state index in [4.69, 9.17) is 14.2 Å². The molecule has 1 N–H and O–H groups in total. The van der Waals surface area contributed by atoms with Crippen LogP contribution in [0.25, 0.3) is 0 Å². The van der Waals surface area contributed by atoms with Gasteiger partial charge in [-0.25, -0.2) is 0 Å². The van der Waals surface area contributed by atoms with Crippen molar-refractivity contribution < 1.29 is 19.0 Å². The summed E-state index contributed by atoms with van der Waals surface area (Å²) in [6.07, 6.45) is 3.48. The maximum Gasteiger partial charge on any atom is 0.223 e. The Morgan fingerprint density at radius 2 is 1.08 bits per heavy atom. The highest BCUT2D eigenvalue weighted by Crippen LogP contribution is 2.18. The molecule has 3 aromatic carbocycles. The Kier molecular flexibility index (Phi) is 11.1. The van der Waals surface area contributed by atoms with E-state index in [1.807, 2.05) is 65.6 Å². The average Bonchev–Trinajstić information content (AvgIpc) is 2.93. The van der Waals surface area contributed by atoms with Gasteiger partial charge in [0.25, 0.3) is 0 Å². The molecule has 0 saturated heterocycles. The average molecular weight is 491 g/mol. The van der Waals surface area contributed by atoms with Gasteiger partial charge in [0, 0.05) is 26.1 Å². The van der Waals surface area contributed by atoms with Crippen LogP contribution < -0.4 is 19.5 Å². The van der Waals surface area contributed by atoms with E-state index in [9.17, 15) is 4.79 Å². The van der Waals surface area contributed by atoms with Gasteiger partial charge in [-0.2, -0.15) is 0 Å². The molecule has 3 rings (SSSR count). The third kappa shape index (κ3) is 8.93. The molecule has 0 unspecified atom stereocenters. The molecule has 0 radical (unpaired) electrons.